The summed E-state index contributed by atoms with van der Waals surface area (Å²) in [5, 5.41) is 13.7. The van der Waals surface area contributed by atoms with Gasteiger partial charge in [0, 0.05) is 18.0 Å². The number of aliphatic carboxylic acids is 1. The first-order chi connectivity index (χ1) is 11.1. The topological polar surface area (TPSA) is 96.9 Å². The summed E-state index contributed by atoms with van der Waals surface area (Å²) in [5.74, 6) is -0.855. The van der Waals surface area contributed by atoms with Gasteiger partial charge in [0.1, 0.15) is 11.5 Å². The summed E-state index contributed by atoms with van der Waals surface area (Å²) in [6.45, 7) is 0.254. The van der Waals surface area contributed by atoms with Gasteiger partial charge in [-0.15, -0.1) is 0 Å². The standard InChI is InChI=1S/C15H20F2N2O5/c1-15(2,7-6-12(20)21)19-14(22)18-10-8-9(23-3)4-5-11(10)24-13(16)17/h4-5,8,13H,6-7H2,1-3H3,(H,20,21)(H2,18,19,22). The van der Waals surface area contributed by atoms with Crippen molar-refractivity contribution in [2.75, 3.05) is 12.4 Å². The molecule has 0 spiro atoms. The smallest absolute Gasteiger partial charge is 0.387 e. The number of carboxylic acid groups (broad SMARTS) is 1. The van der Waals surface area contributed by atoms with Crippen molar-refractivity contribution in [2.45, 2.75) is 38.8 Å². The number of hydrogen-bond acceptors (Lipinski definition) is 4. The number of carbonyl (C=O) groups excluding carboxylic acids is 1. The summed E-state index contributed by atoms with van der Waals surface area (Å²) in [6, 6.07) is 3.31. The lowest BCUT2D eigenvalue weighted by Crippen LogP contribution is -2.45. The monoisotopic (exact) mass is 346 g/mol. The minimum Gasteiger partial charge on any atom is -0.497 e. The van der Waals surface area contributed by atoms with Crippen LogP contribution in [0.5, 0.6) is 11.5 Å². The van der Waals surface area contributed by atoms with E-state index in [0.717, 1.165) is 0 Å². The predicted octanol–water partition coefficient (Wildman–Crippen LogP) is 3.06. The second-order valence-electron chi connectivity index (χ2n) is 5.60. The molecule has 0 bridgehead atoms. The molecule has 1 rings (SSSR count). The van der Waals surface area contributed by atoms with Crippen molar-refractivity contribution in [3.8, 4) is 11.5 Å². The number of nitrogens with one attached hydrogen (secondary N) is 2. The maximum atomic E-state index is 12.4. The molecule has 1 aromatic rings. The fraction of sp³-hybridized carbons (Fsp3) is 0.467. The molecule has 0 fully saturated rings. The normalized spacial score (nSPS) is 11.1. The van der Waals surface area contributed by atoms with Gasteiger partial charge >= 0.3 is 18.6 Å². The lowest BCUT2D eigenvalue weighted by atomic mass is 9.99. The highest BCUT2D eigenvalue weighted by atomic mass is 19.3. The van der Waals surface area contributed by atoms with E-state index < -0.39 is 24.2 Å². The highest BCUT2D eigenvalue weighted by Gasteiger charge is 2.22. The number of alkyl halides is 2. The largest absolute Gasteiger partial charge is 0.497 e. The molecule has 0 radical (unpaired) electrons. The van der Waals surface area contributed by atoms with Gasteiger partial charge in [0.25, 0.3) is 0 Å². The maximum absolute atomic E-state index is 12.4. The summed E-state index contributed by atoms with van der Waals surface area (Å²) in [7, 11) is 1.39. The molecule has 24 heavy (non-hydrogen) atoms. The maximum Gasteiger partial charge on any atom is 0.387 e. The van der Waals surface area contributed by atoms with E-state index in [1.54, 1.807) is 13.8 Å². The zero-order valence-electron chi connectivity index (χ0n) is 13.6. The van der Waals surface area contributed by atoms with E-state index in [-0.39, 0.29) is 24.3 Å². The van der Waals surface area contributed by atoms with Gasteiger partial charge < -0.3 is 25.2 Å². The van der Waals surface area contributed by atoms with Gasteiger partial charge in [-0.05, 0) is 32.4 Å². The zero-order chi connectivity index (χ0) is 18.3. The lowest BCUT2D eigenvalue weighted by molar-refractivity contribution is -0.137. The minimum atomic E-state index is -3.05. The highest BCUT2D eigenvalue weighted by molar-refractivity contribution is 5.91. The van der Waals surface area contributed by atoms with Crippen LogP contribution >= 0.6 is 0 Å². The number of urea groups is 1. The second-order valence-corrected chi connectivity index (χ2v) is 5.60. The fourth-order valence-electron chi connectivity index (χ4n) is 1.88. The van der Waals surface area contributed by atoms with E-state index in [1.165, 1.54) is 25.3 Å². The molecule has 2 amide bonds. The fourth-order valence-corrected chi connectivity index (χ4v) is 1.88. The van der Waals surface area contributed by atoms with Crippen LogP contribution < -0.4 is 20.1 Å². The molecule has 1 aromatic carbocycles. The Labute approximate surface area is 137 Å². The number of methoxy groups -OCH3 is 1. The third-order valence-electron chi connectivity index (χ3n) is 3.07. The molecule has 0 aliphatic rings. The van der Waals surface area contributed by atoms with Crippen LogP contribution in [0, 0.1) is 0 Å². The van der Waals surface area contributed by atoms with Crippen molar-refractivity contribution in [3.63, 3.8) is 0 Å². The lowest BCUT2D eigenvalue weighted by Gasteiger charge is -2.26. The van der Waals surface area contributed by atoms with Gasteiger partial charge in [-0.3, -0.25) is 4.79 Å². The Balaban J connectivity index is 2.82. The zero-order valence-corrected chi connectivity index (χ0v) is 13.6. The second kappa shape index (κ2) is 8.32. The SMILES string of the molecule is COc1ccc(OC(F)F)c(NC(=O)NC(C)(C)CCC(=O)O)c1. The molecule has 0 saturated carbocycles. The Morgan fingerprint density at radius 2 is 2.00 bits per heavy atom. The van der Waals surface area contributed by atoms with Crippen LogP contribution in [0.2, 0.25) is 0 Å². The number of halogens is 2. The van der Waals surface area contributed by atoms with Crippen molar-refractivity contribution in [3.05, 3.63) is 18.2 Å². The van der Waals surface area contributed by atoms with Crippen LogP contribution in [-0.2, 0) is 4.79 Å². The Kier molecular flexibility index (Phi) is 6.75. The van der Waals surface area contributed by atoms with E-state index in [9.17, 15) is 18.4 Å². The minimum absolute atomic E-state index is 0.00110. The third-order valence-corrected chi connectivity index (χ3v) is 3.07. The molecular weight excluding hydrogens is 326 g/mol. The number of carboxylic acids is 1. The molecule has 7 nitrogen and oxygen atoms in total. The number of anilines is 1. The summed E-state index contributed by atoms with van der Waals surface area (Å²) in [4.78, 5) is 22.7. The summed E-state index contributed by atoms with van der Waals surface area (Å²) in [6.07, 6.45) is 0.0838. The molecule has 0 aliphatic carbocycles. The number of rotatable bonds is 8. The molecule has 0 saturated heterocycles. The Morgan fingerprint density at radius 3 is 2.54 bits per heavy atom. The van der Waals surface area contributed by atoms with Crippen molar-refractivity contribution < 1.29 is 33.0 Å². The average molecular weight is 346 g/mol. The van der Waals surface area contributed by atoms with Gasteiger partial charge in [0.2, 0.25) is 0 Å². The summed E-state index contributed by atoms with van der Waals surface area (Å²) in [5.41, 5.74) is -0.799. The number of ether oxygens (including phenoxy) is 2. The first-order valence-corrected chi connectivity index (χ1v) is 7.07. The number of amides is 2. The van der Waals surface area contributed by atoms with Crippen LogP contribution in [0.1, 0.15) is 26.7 Å². The van der Waals surface area contributed by atoms with Gasteiger partial charge in [0.15, 0.2) is 0 Å². The molecular formula is C15H20F2N2O5. The van der Waals surface area contributed by atoms with Gasteiger partial charge in [-0.1, -0.05) is 0 Å². The number of benzene rings is 1. The molecule has 134 valence electrons. The highest BCUT2D eigenvalue weighted by Crippen LogP contribution is 2.30. The van der Waals surface area contributed by atoms with Gasteiger partial charge in [-0.25, -0.2) is 4.79 Å². The van der Waals surface area contributed by atoms with E-state index in [4.69, 9.17) is 9.84 Å². The third kappa shape index (κ3) is 6.67. The molecule has 9 heteroatoms. The van der Waals surface area contributed by atoms with Gasteiger partial charge in [-0.2, -0.15) is 8.78 Å². The number of carbonyl (C=O) groups is 2. The van der Waals surface area contributed by atoms with E-state index >= 15 is 0 Å². The molecule has 0 aliphatic heterocycles. The van der Waals surface area contributed by atoms with Gasteiger partial charge in [0.05, 0.1) is 12.8 Å². The molecule has 0 unspecified atom stereocenters. The van der Waals surface area contributed by atoms with Crippen LogP contribution in [0.3, 0.4) is 0 Å². The summed E-state index contributed by atoms with van der Waals surface area (Å²) >= 11 is 0. The summed E-state index contributed by atoms with van der Waals surface area (Å²) < 4.78 is 34.2. The Bertz CT molecular complexity index is 593. The van der Waals surface area contributed by atoms with Crippen LogP contribution in [-0.4, -0.2) is 36.4 Å². The molecule has 0 atom stereocenters. The van der Waals surface area contributed by atoms with Crippen molar-refractivity contribution in [2.24, 2.45) is 0 Å². The van der Waals surface area contributed by atoms with Crippen LogP contribution in [0.25, 0.3) is 0 Å². The average Bonchev–Trinajstić information content (AvgIpc) is 2.46. The number of hydrogen-bond donors (Lipinski definition) is 3. The first-order valence-electron chi connectivity index (χ1n) is 7.07. The van der Waals surface area contributed by atoms with E-state index in [0.29, 0.717) is 5.75 Å². The molecule has 0 aromatic heterocycles. The van der Waals surface area contributed by atoms with Crippen molar-refractivity contribution in [1.82, 2.24) is 5.32 Å². The van der Waals surface area contributed by atoms with Crippen molar-refractivity contribution in [1.29, 1.82) is 0 Å². The van der Waals surface area contributed by atoms with Crippen LogP contribution in [0.15, 0.2) is 18.2 Å². The van der Waals surface area contributed by atoms with E-state index in [1.807, 2.05) is 0 Å². The van der Waals surface area contributed by atoms with Crippen LogP contribution in [0.4, 0.5) is 19.3 Å². The molecule has 0 heterocycles. The quantitative estimate of drug-likeness (QED) is 0.672. The first kappa shape index (κ1) is 19.5. The van der Waals surface area contributed by atoms with Crippen molar-refractivity contribution >= 4 is 17.7 Å². The Hall–Kier alpha value is -2.58. The van der Waals surface area contributed by atoms with E-state index in [2.05, 4.69) is 15.4 Å². The molecule has 3 N–H and O–H groups in total. The predicted molar refractivity (Wildman–Crippen MR) is 82.7 cm³/mol. The Morgan fingerprint density at radius 1 is 1.33 bits per heavy atom.